The van der Waals surface area contributed by atoms with Crippen molar-refractivity contribution < 1.29 is 14.0 Å². The van der Waals surface area contributed by atoms with Crippen molar-refractivity contribution in [3.05, 3.63) is 60.2 Å². The van der Waals surface area contributed by atoms with Gasteiger partial charge in [0.15, 0.2) is 0 Å². The second-order valence-corrected chi connectivity index (χ2v) is 12.6. The lowest BCUT2D eigenvalue weighted by Crippen LogP contribution is -2.41. The van der Waals surface area contributed by atoms with Crippen molar-refractivity contribution in [3.8, 4) is 16.9 Å². The van der Waals surface area contributed by atoms with Crippen molar-refractivity contribution >= 4 is 23.4 Å². The van der Waals surface area contributed by atoms with Crippen LogP contribution in [0.4, 0.5) is 0 Å². The minimum Gasteiger partial charge on any atom is -0.496 e. The molecular formula is C31H35BO3. The maximum Gasteiger partial charge on any atom is 0.494 e. The van der Waals surface area contributed by atoms with Gasteiger partial charge in [-0.25, -0.2) is 0 Å². The number of rotatable bonds is 4. The fraction of sp³-hybridized carbons (Fsp3) is 0.484. The Morgan fingerprint density at radius 3 is 2.06 bits per heavy atom. The molecule has 0 N–H and O–H groups in total. The summed E-state index contributed by atoms with van der Waals surface area (Å²) in [7, 11) is 1.49. The molecule has 1 aliphatic heterocycles. The van der Waals surface area contributed by atoms with Crippen LogP contribution in [0.1, 0.15) is 58.9 Å². The third kappa shape index (κ3) is 3.12. The highest BCUT2D eigenvalue weighted by Crippen LogP contribution is 2.70. The van der Waals surface area contributed by atoms with Crippen LogP contribution in [0.25, 0.3) is 21.9 Å². The van der Waals surface area contributed by atoms with Crippen molar-refractivity contribution in [2.45, 2.75) is 70.0 Å². The zero-order valence-corrected chi connectivity index (χ0v) is 21.6. The van der Waals surface area contributed by atoms with Gasteiger partial charge >= 0.3 is 7.12 Å². The van der Waals surface area contributed by atoms with Crippen LogP contribution in [0.3, 0.4) is 0 Å². The molecule has 3 saturated carbocycles. The average molecular weight is 466 g/mol. The first-order valence-corrected chi connectivity index (χ1v) is 13.3. The highest BCUT2D eigenvalue weighted by molar-refractivity contribution is 6.62. The molecule has 2 atom stereocenters. The van der Waals surface area contributed by atoms with Crippen molar-refractivity contribution in [2.75, 3.05) is 7.11 Å². The SMILES string of the molecule is COc1ccc(-c2ccc3cc(B4OC(C)(C)C(C)(C)O4)ccc3c2)cc1C12CC3CC(C1)C3C2. The molecule has 3 aromatic carbocycles. The first kappa shape index (κ1) is 21.9. The van der Waals surface area contributed by atoms with E-state index in [0.717, 1.165) is 29.0 Å². The molecule has 2 unspecified atom stereocenters. The molecule has 35 heavy (non-hydrogen) atoms. The van der Waals surface area contributed by atoms with E-state index < -0.39 is 0 Å². The van der Waals surface area contributed by atoms with Gasteiger partial charge < -0.3 is 14.0 Å². The average Bonchev–Trinajstić information content (AvgIpc) is 3.39. The normalized spacial score (nSPS) is 31.7. The van der Waals surface area contributed by atoms with Crippen LogP contribution in [-0.4, -0.2) is 25.4 Å². The smallest absolute Gasteiger partial charge is 0.494 e. The Morgan fingerprint density at radius 2 is 1.40 bits per heavy atom. The molecular weight excluding hydrogens is 431 g/mol. The standard InChI is InChI=1S/C31H35BO3/c1-29(2)30(3,4)35-32(34-29)25-10-8-20-12-19(6-7-21(20)14-25)22-9-11-28(33-5)27(15-22)31-16-23-13-24(17-31)26(23)18-31/h6-12,14-15,23-24,26H,13,16-18H2,1-5H3. The molecule has 0 amide bonds. The highest BCUT2D eigenvalue weighted by Gasteiger charge is 2.62. The van der Waals surface area contributed by atoms with E-state index in [1.54, 1.807) is 0 Å². The van der Waals surface area contributed by atoms with Gasteiger partial charge in [0.1, 0.15) is 5.75 Å². The van der Waals surface area contributed by atoms with Gasteiger partial charge in [-0.2, -0.15) is 0 Å². The van der Waals surface area contributed by atoms with E-state index >= 15 is 0 Å². The molecule has 1 saturated heterocycles. The number of hydrogen-bond acceptors (Lipinski definition) is 3. The van der Waals surface area contributed by atoms with E-state index in [1.807, 2.05) is 7.11 Å². The third-order valence-electron chi connectivity index (χ3n) is 10.2. The fourth-order valence-electron chi connectivity index (χ4n) is 7.64. The Labute approximate surface area is 209 Å². The van der Waals surface area contributed by atoms with Crippen LogP contribution < -0.4 is 10.2 Å². The molecule has 4 heteroatoms. The van der Waals surface area contributed by atoms with Crippen molar-refractivity contribution in [3.63, 3.8) is 0 Å². The minimum atomic E-state index is -0.333. The van der Waals surface area contributed by atoms with Crippen LogP contribution in [0.5, 0.6) is 5.75 Å². The van der Waals surface area contributed by atoms with Gasteiger partial charge in [-0.15, -0.1) is 0 Å². The maximum atomic E-state index is 6.28. The molecule has 180 valence electrons. The second-order valence-electron chi connectivity index (χ2n) is 12.6. The van der Waals surface area contributed by atoms with E-state index in [1.165, 1.54) is 53.1 Å². The molecule has 0 aromatic heterocycles. The van der Waals surface area contributed by atoms with E-state index in [2.05, 4.69) is 82.3 Å². The predicted octanol–water partition coefficient (Wildman–Crippen LogP) is 6.50. The topological polar surface area (TPSA) is 27.7 Å². The third-order valence-corrected chi connectivity index (χ3v) is 10.2. The monoisotopic (exact) mass is 466 g/mol. The summed E-state index contributed by atoms with van der Waals surface area (Å²) in [5, 5.41) is 2.45. The lowest BCUT2D eigenvalue weighted by molar-refractivity contribution is 0.00578. The van der Waals surface area contributed by atoms with Gasteiger partial charge in [0.2, 0.25) is 0 Å². The number of fused-ring (bicyclic) bond motifs is 2. The van der Waals surface area contributed by atoms with Gasteiger partial charge in [0, 0.05) is 5.56 Å². The molecule has 4 fully saturated rings. The zero-order valence-electron chi connectivity index (χ0n) is 21.6. The lowest BCUT2D eigenvalue weighted by Gasteiger charge is -2.45. The van der Waals surface area contributed by atoms with Crippen molar-refractivity contribution in [2.24, 2.45) is 17.8 Å². The Kier molecular flexibility index (Phi) is 4.48. The molecule has 2 bridgehead atoms. The summed E-state index contributed by atoms with van der Waals surface area (Å²) < 4.78 is 18.4. The molecule has 7 rings (SSSR count). The van der Waals surface area contributed by atoms with Crippen LogP contribution in [-0.2, 0) is 14.7 Å². The van der Waals surface area contributed by atoms with E-state index in [9.17, 15) is 0 Å². The van der Waals surface area contributed by atoms with Crippen molar-refractivity contribution in [1.29, 1.82) is 0 Å². The molecule has 1 heterocycles. The largest absolute Gasteiger partial charge is 0.496 e. The molecule has 3 aliphatic carbocycles. The number of hydrogen-bond donors (Lipinski definition) is 0. The Balaban J connectivity index is 1.22. The van der Waals surface area contributed by atoms with E-state index in [4.69, 9.17) is 14.0 Å². The van der Waals surface area contributed by atoms with Crippen LogP contribution in [0.15, 0.2) is 54.6 Å². The van der Waals surface area contributed by atoms with Gasteiger partial charge in [0.05, 0.1) is 18.3 Å². The number of methoxy groups -OCH3 is 1. The molecule has 0 spiro atoms. The quantitative estimate of drug-likeness (QED) is 0.411. The summed E-state index contributed by atoms with van der Waals surface area (Å²) in [5.41, 5.74) is 4.75. The zero-order chi connectivity index (χ0) is 24.2. The lowest BCUT2D eigenvalue weighted by atomic mass is 9.60. The summed E-state index contributed by atoms with van der Waals surface area (Å²) in [6.45, 7) is 8.40. The molecule has 0 radical (unpaired) electrons. The Morgan fingerprint density at radius 1 is 0.771 bits per heavy atom. The first-order chi connectivity index (χ1) is 16.7. The summed E-state index contributed by atoms with van der Waals surface area (Å²) in [4.78, 5) is 0. The Hall–Kier alpha value is -2.30. The van der Waals surface area contributed by atoms with E-state index in [0.29, 0.717) is 5.41 Å². The molecule has 4 aliphatic rings. The summed E-state index contributed by atoms with van der Waals surface area (Å²) in [5.74, 6) is 3.97. The summed E-state index contributed by atoms with van der Waals surface area (Å²) >= 11 is 0. The first-order valence-electron chi connectivity index (χ1n) is 13.3. The predicted molar refractivity (Wildman–Crippen MR) is 142 cm³/mol. The van der Waals surface area contributed by atoms with Crippen LogP contribution >= 0.6 is 0 Å². The summed E-state index contributed by atoms with van der Waals surface area (Å²) in [6, 6.07) is 20.2. The van der Waals surface area contributed by atoms with Gasteiger partial charge in [-0.1, -0.05) is 36.4 Å². The number of ether oxygens (including phenoxy) is 1. The fourth-order valence-corrected chi connectivity index (χ4v) is 7.64. The minimum absolute atomic E-state index is 0.332. The van der Waals surface area contributed by atoms with E-state index in [-0.39, 0.29) is 18.3 Å². The molecule has 3 aromatic rings. The van der Waals surface area contributed by atoms with Crippen LogP contribution in [0, 0.1) is 17.8 Å². The molecule has 3 nitrogen and oxygen atoms in total. The number of benzene rings is 3. The van der Waals surface area contributed by atoms with Crippen molar-refractivity contribution in [1.82, 2.24) is 0 Å². The van der Waals surface area contributed by atoms with Gasteiger partial charge in [0.25, 0.3) is 0 Å². The maximum absolute atomic E-state index is 6.28. The van der Waals surface area contributed by atoms with Gasteiger partial charge in [-0.05, 0) is 122 Å². The van der Waals surface area contributed by atoms with Crippen LogP contribution in [0.2, 0.25) is 0 Å². The van der Waals surface area contributed by atoms with Gasteiger partial charge in [-0.3, -0.25) is 0 Å². The highest BCUT2D eigenvalue weighted by atomic mass is 16.7. The Bertz CT molecular complexity index is 1310. The summed E-state index contributed by atoms with van der Waals surface area (Å²) in [6.07, 6.45) is 5.54. The second kappa shape index (κ2) is 7.14.